The zero-order chi connectivity index (χ0) is 16.0. The summed E-state index contributed by atoms with van der Waals surface area (Å²) in [7, 11) is 0. The predicted molar refractivity (Wildman–Crippen MR) is 86.2 cm³/mol. The van der Waals surface area contributed by atoms with Crippen molar-refractivity contribution < 1.29 is 4.79 Å². The minimum absolute atomic E-state index is 0.0328. The summed E-state index contributed by atoms with van der Waals surface area (Å²) < 4.78 is 4.15. The number of aryl methyl sites for hydroxylation is 2. The summed E-state index contributed by atoms with van der Waals surface area (Å²) in [6.07, 6.45) is 6.50. The topological polar surface area (TPSA) is 56.0 Å². The van der Waals surface area contributed by atoms with Gasteiger partial charge in [0.05, 0.1) is 5.92 Å². The maximum Gasteiger partial charge on any atom is 0.274 e. The molecule has 0 unspecified atom stereocenters. The zero-order valence-corrected chi connectivity index (χ0v) is 13.8. The highest BCUT2D eigenvalue weighted by atomic mass is 16.2. The SMILES string of the molecule is CCn1ccc(C(=O)N2CC(c3ncc(C)n3CC3CC3)C2)n1. The van der Waals surface area contributed by atoms with Crippen LogP contribution in [0.4, 0.5) is 0 Å². The second kappa shape index (κ2) is 5.51. The fourth-order valence-corrected chi connectivity index (χ4v) is 3.22. The van der Waals surface area contributed by atoms with Gasteiger partial charge in [0.15, 0.2) is 0 Å². The largest absolute Gasteiger partial charge is 0.336 e. The molecule has 6 nitrogen and oxygen atoms in total. The predicted octanol–water partition coefficient (Wildman–Crippen LogP) is 2.06. The van der Waals surface area contributed by atoms with E-state index in [9.17, 15) is 4.79 Å². The first-order valence-electron chi connectivity index (χ1n) is 8.50. The Morgan fingerprint density at radius 3 is 2.78 bits per heavy atom. The van der Waals surface area contributed by atoms with Crippen molar-refractivity contribution in [3.63, 3.8) is 0 Å². The van der Waals surface area contributed by atoms with E-state index in [2.05, 4.69) is 21.6 Å². The molecule has 2 aromatic rings. The average molecular weight is 313 g/mol. The van der Waals surface area contributed by atoms with E-state index in [4.69, 9.17) is 0 Å². The van der Waals surface area contributed by atoms with E-state index in [0.29, 0.717) is 11.6 Å². The van der Waals surface area contributed by atoms with E-state index in [1.165, 1.54) is 18.5 Å². The van der Waals surface area contributed by atoms with E-state index in [1.54, 1.807) is 10.7 Å². The van der Waals surface area contributed by atoms with Crippen molar-refractivity contribution in [2.75, 3.05) is 13.1 Å². The second-order valence-electron chi connectivity index (χ2n) is 6.78. The van der Waals surface area contributed by atoms with Gasteiger partial charge in [-0.05, 0) is 38.7 Å². The molecule has 0 atom stereocenters. The molecule has 3 heterocycles. The second-order valence-corrected chi connectivity index (χ2v) is 6.78. The number of hydrogen-bond donors (Lipinski definition) is 0. The number of carbonyl (C=O) groups is 1. The summed E-state index contributed by atoms with van der Waals surface area (Å²) >= 11 is 0. The van der Waals surface area contributed by atoms with Gasteiger partial charge in [-0.2, -0.15) is 5.10 Å². The Kier molecular flexibility index (Phi) is 3.47. The molecule has 1 saturated carbocycles. The van der Waals surface area contributed by atoms with Crippen molar-refractivity contribution in [3.8, 4) is 0 Å². The number of nitrogens with zero attached hydrogens (tertiary/aromatic N) is 5. The summed E-state index contributed by atoms with van der Waals surface area (Å²) in [4.78, 5) is 18.9. The van der Waals surface area contributed by atoms with Crippen LogP contribution in [0.3, 0.4) is 0 Å². The van der Waals surface area contributed by atoms with Crippen molar-refractivity contribution in [2.24, 2.45) is 5.92 Å². The molecule has 0 spiro atoms. The van der Waals surface area contributed by atoms with Crippen molar-refractivity contribution in [2.45, 2.75) is 45.7 Å². The van der Waals surface area contributed by atoms with Gasteiger partial charge in [0.25, 0.3) is 5.91 Å². The van der Waals surface area contributed by atoms with Gasteiger partial charge in [0.1, 0.15) is 11.5 Å². The molecular formula is C17H23N5O. The lowest BCUT2D eigenvalue weighted by Crippen LogP contribution is -2.49. The number of likely N-dealkylation sites (tertiary alicyclic amines) is 1. The molecule has 1 amide bonds. The molecular weight excluding hydrogens is 290 g/mol. The van der Waals surface area contributed by atoms with Crippen LogP contribution in [-0.2, 0) is 13.1 Å². The van der Waals surface area contributed by atoms with Crippen LogP contribution in [0.5, 0.6) is 0 Å². The van der Waals surface area contributed by atoms with Crippen LogP contribution in [0.1, 0.15) is 47.7 Å². The van der Waals surface area contributed by atoms with Crippen LogP contribution in [0.15, 0.2) is 18.5 Å². The molecule has 1 saturated heterocycles. The zero-order valence-electron chi connectivity index (χ0n) is 13.8. The highest BCUT2D eigenvalue weighted by Crippen LogP contribution is 2.34. The monoisotopic (exact) mass is 313 g/mol. The van der Waals surface area contributed by atoms with E-state index >= 15 is 0 Å². The molecule has 122 valence electrons. The lowest BCUT2D eigenvalue weighted by atomic mass is 9.98. The fraction of sp³-hybridized carbons (Fsp3) is 0.588. The van der Waals surface area contributed by atoms with Gasteiger partial charge in [0, 0.05) is 44.3 Å². The first kappa shape index (κ1) is 14.5. The van der Waals surface area contributed by atoms with Gasteiger partial charge in [-0.15, -0.1) is 0 Å². The number of carbonyl (C=O) groups excluding carboxylic acids is 1. The highest BCUT2D eigenvalue weighted by molar-refractivity contribution is 5.92. The Bertz CT molecular complexity index is 721. The normalized spacial score (nSPS) is 18.3. The quantitative estimate of drug-likeness (QED) is 0.849. The molecule has 4 rings (SSSR count). The highest BCUT2D eigenvalue weighted by Gasteiger charge is 2.36. The molecule has 1 aliphatic carbocycles. The molecule has 6 heteroatoms. The minimum Gasteiger partial charge on any atom is -0.336 e. The maximum absolute atomic E-state index is 12.4. The molecule has 1 aliphatic heterocycles. The molecule has 2 aliphatic rings. The molecule has 0 radical (unpaired) electrons. The lowest BCUT2D eigenvalue weighted by Gasteiger charge is -2.38. The fourth-order valence-electron chi connectivity index (χ4n) is 3.22. The third-order valence-electron chi connectivity index (χ3n) is 4.94. The third-order valence-corrected chi connectivity index (χ3v) is 4.94. The Labute approximate surface area is 136 Å². The molecule has 0 N–H and O–H groups in total. The first-order valence-corrected chi connectivity index (χ1v) is 8.50. The van der Waals surface area contributed by atoms with Crippen LogP contribution in [0.25, 0.3) is 0 Å². The van der Waals surface area contributed by atoms with Crippen LogP contribution < -0.4 is 0 Å². The molecule has 0 bridgehead atoms. The van der Waals surface area contributed by atoms with Crippen molar-refractivity contribution in [1.82, 2.24) is 24.2 Å². The average Bonchev–Trinajstić information content (AvgIpc) is 3.07. The number of rotatable bonds is 5. The van der Waals surface area contributed by atoms with E-state index < -0.39 is 0 Å². The Hall–Kier alpha value is -2.11. The van der Waals surface area contributed by atoms with Gasteiger partial charge in [0.2, 0.25) is 0 Å². The van der Waals surface area contributed by atoms with Crippen molar-refractivity contribution >= 4 is 5.91 Å². The van der Waals surface area contributed by atoms with Gasteiger partial charge in [-0.3, -0.25) is 9.48 Å². The summed E-state index contributed by atoms with van der Waals surface area (Å²) in [6, 6.07) is 1.80. The molecule has 0 aromatic carbocycles. The summed E-state index contributed by atoms with van der Waals surface area (Å²) in [6.45, 7) is 7.51. The summed E-state index contributed by atoms with van der Waals surface area (Å²) in [5.74, 6) is 2.38. The maximum atomic E-state index is 12.4. The Morgan fingerprint density at radius 2 is 2.13 bits per heavy atom. The third kappa shape index (κ3) is 2.66. The number of aromatic nitrogens is 4. The van der Waals surface area contributed by atoms with E-state index in [1.807, 2.05) is 24.2 Å². The van der Waals surface area contributed by atoms with Gasteiger partial charge < -0.3 is 9.47 Å². The van der Waals surface area contributed by atoms with Crippen molar-refractivity contribution in [1.29, 1.82) is 0 Å². The first-order chi connectivity index (χ1) is 11.2. The summed E-state index contributed by atoms with van der Waals surface area (Å²) in [5, 5.41) is 4.30. The van der Waals surface area contributed by atoms with Gasteiger partial charge >= 0.3 is 0 Å². The smallest absolute Gasteiger partial charge is 0.274 e. The van der Waals surface area contributed by atoms with Crippen LogP contribution in [-0.4, -0.2) is 43.2 Å². The number of hydrogen-bond acceptors (Lipinski definition) is 3. The minimum atomic E-state index is 0.0328. The van der Waals surface area contributed by atoms with Crippen molar-refractivity contribution in [3.05, 3.63) is 35.7 Å². The summed E-state index contributed by atoms with van der Waals surface area (Å²) in [5.41, 5.74) is 1.78. The van der Waals surface area contributed by atoms with E-state index in [0.717, 1.165) is 37.9 Å². The van der Waals surface area contributed by atoms with Crippen LogP contribution in [0, 0.1) is 12.8 Å². The molecule has 2 fully saturated rings. The van der Waals surface area contributed by atoms with Crippen LogP contribution >= 0.6 is 0 Å². The van der Waals surface area contributed by atoms with Gasteiger partial charge in [-0.1, -0.05) is 0 Å². The molecule has 23 heavy (non-hydrogen) atoms. The Morgan fingerprint density at radius 1 is 1.35 bits per heavy atom. The Balaban J connectivity index is 1.42. The van der Waals surface area contributed by atoms with E-state index in [-0.39, 0.29) is 5.91 Å². The standard InChI is InChI=1S/C17H23N5O/c1-3-21-7-6-15(19-21)17(23)20-10-14(11-20)16-18-8-12(2)22(16)9-13-4-5-13/h6-8,13-14H,3-5,9-11H2,1-2H3. The molecule has 2 aromatic heterocycles. The van der Waals surface area contributed by atoms with Crippen LogP contribution in [0.2, 0.25) is 0 Å². The van der Waals surface area contributed by atoms with Gasteiger partial charge in [-0.25, -0.2) is 4.98 Å². The lowest BCUT2D eigenvalue weighted by molar-refractivity contribution is 0.0583. The number of imidazole rings is 1. The number of amides is 1.